The van der Waals surface area contributed by atoms with Crippen molar-refractivity contribution in [3.05, 3.63) is 11.6 Å². The molecule has 29 heavy (non-hydrogen) atoms. The van der Waals surface area contributed by atoms with Gasteiger partial charge >= 0.3 is 47.6 Å². The standard InChI is InChI=1S/C12H5F17/c13-5(14)3-1-2-4(6(5,15)16)7(17,18)8(19,20)9(21,22)10(23,24)11(25,26)12(27,28)29/h2H,1,3H2. The molecule has 0 amide bonds. The molecule has 0 nitrogen and oxygen atoms in total. The van der Waals surface area contributed by atoms with Gasteiger partial charge in [-0.1, -0.05) is 6.08 Å². The molecule has 0 atom stereocenters. The Morgan fingerprint density at radius 2 is 0.966 bits per heavy atom. The van der Waals surface area contributed by atoms with E-state index in [0.717, 1.165) is 0 Å². The van der Waals surface area contributed by atoms with Crippen LogP contribution in [0.25, 0.3) is 0 Å². The molecule has 0 saturated heterocycles. The summed E-state index contributed by atoms with van der Waals surface area (Å²) in [5, 5.41) is 0. The Bertz CT molecular complexity index is 664. The van der Waals surface area contributed by atoms with Gasteiger partial charge in [0.2, 0.25) is 0 Å². The maximum atomic E-state index is 13.7. The van der Waals surface area contributed by atoms with Crippen molar-refractivity contribution in [2.75, 3.05) is 0 Å². The summed E-state index contributed by atoms with van der Waals surface area (Å²) in [6.45, 7) is 0. The molecule has 0 aromatic rings. The molecular weight excluding hydrogens is 467 g/mol. The second-order valence-electron chi connectivity index (χ2n) is 5.81. The lowest BCUT2D eigenvalue weighted by molar-refractivity contribution is -0.438. The van der Waals surface area contributed by atoms with Crippen molar-refractivity contribution in [3.63, 3.8) is 0 Å². The van der Waals surface area contributed by atoms with Gasteiger partial charge in [-0.3, -0.25) is 0 Å². The third kappa shape index (κ3) is 3.13. The first-order chi connectivity index (χ1) is 12.3. The van der Waals surface area contributed by atoms with E-state index in [-0.39, 0.29) is 0 Å². The van der Waals surface area contributed by atoms with Gasteiger partial charge in [-0.25, -0.2) is 0 Å². The molecule has 0 fully saturated rings. The van der Waals surface area contributed by atoms with Gasteiger partial charge in [0.15, 0.2) is 0 Å². The van der Waals surface area contributed by atoms with Crippen LogP contribution in [0, 0.1) is 0 Å². The lowest BCUT2D eigenvalue weighted by atomic mass is 9.82. The highest BCUT2D eigenvalue weighted by Crippen LogP contribution is 2.63. The van der Waals surface area contributed by atoms with Crippen LogP contribution in [0.5, 0.6) is 0 Å². The molecule has 172 valence electrons. The molecule has 0 N–H and O–H groups in total. The minimum absolute atomic E-state index is 0.846. The molecule has 17 heteroatoms. The van der Waals surface area contributed by atoms with Crippen LogP contribution in [0.1, 0.15) is 12.8 Å². The number of halogens is 17. The second-order valence-corrected chi connectivity index (χ2v) is 5.81. The van der Waals surface area contributed by atoms with E-state index in [4.69, 9.17) is 0 Å². The van der Waals surface area contributed by atoms with E-state index in [1.165, 1.54) is 0 Å². The lowest BCUT2D eigenvalue weighted by Gasteiger charge is -2.42. The van der Waals surface area contributed by atoms with E-state index < -0.39 is 72.1 Å². The second kappa shape index (κ2) is 6.28. The van der Waals surface area contributed by atoms with E-state index in [9.17, 15) is 74.6 Å². The van der Waals surface area contributed by atoms with Gasteiger partial charge in [0.05, 0.1) is 5.57 Å². The highest BCUT2D eigenvalue weighted by molar-refractivity contribution is 5.32. The Hall–Kier alpha value is -1.45. The zero-order valence-electron chi connectivity index (χ0n) is 12.9. The number of alkyl halides is 17. The normalized spacial score (nSPS) is 21.8. The van der Waals surface area contributed by atoms with E-state index in [2.05, 4.69) is 0 Å². The van der Waals surface area contributed by atoms with Crippen molar-refractivity contribution in [1.29, 1.82) is 0 Å². The summed E-state index contributed by atoms with van der Waals surface area (Å²) < 4.78 is 221. The van der Waals surface area contributed by atoms with Gasteiger partial charge in [-0.15, -0.1) is 0 Å². The maximum Gasteiger partial charge on any atom is 0.460 e. The minimum atomic E-state index is -8.34. The molecule has 0 saturated carbocycles. The molecule has 0 aliphatic heterocycles. The molecule has 1 rings (SSSR count). The SMILES string of the molecule is FC(F)(F)C(F)(F)C(F)(F)C(F)(F)C(F)(F)C(F)(F)C1=CCCC(F)(F)C1(F)F. The van der Waals surface area contributed by atoms with Crippen LogP contribution < -0.4 is 0 Å². The van der Waals surface area contributed by atoms with Crippen LogP contribution in [0.4, 0.5) is 74.6 Å². The highest BCUT2D eigenvalue weighted by Gasteiger charge is 2.92. The van der Waals surface area contributed by atoms with Crippen LogP contribution >= 0.6 is 0 Å². The van der Waals surface area contributed by atoms with Gasteiger partial charge in [0.25, 0.3) is 0 Å². The molecule has 0 radical (unpaired) electrons. The Morgan fingerprint density at radius 3 is 1.34 bits per heavy atom. The monoisotopic (exact) mass is 472 g/mol. The molecule has 0 aromatic heterocycles. The van der Waals surface area contributed by atoms with Crippen LogP contribution in [-0.2, 0) is 0 Å². The zero-order valence-corrected chi connectivity index (χ0v) is 12.9. The van der Waals surface area contributed by atoms with E-state index in [0.29, 0.717) is 0 Å². The Kier molecular flexibility index (Phi) is 5.54. The van der Waals surface area contributed by atoms with E-state index in [1.807, 2.05) is 0 Å². The third-order valence-corrected chi connectivity index (χ3v) is 3.88. The molecule has 0 aromatic carbocycles. The van der Waals surface area contributed by atoms with E-state index >= 15 is 0 Å². The average molecular weight is 472 g/mol. The predicted octanol–water partition coefficient (Wildman–Crippen LogP) is 6.72. The average Bonchev–Trinajstić information content (AvgIpc) is 2.47. The fourth-order valence-corrected chi connectivity index (χ4v) is 2.14. The molecular formula is C12H5F17. The summed E-state index contributed by atoms with van der Waals surface area (Å²) in [5.41, 5.74) is -3.84. The van der Waals surface area contributed by atoms with Crippen molar-refractivity contribution in [1.82, 2.24) is 0 Å². The van der Waals surface area contributed by atoms with Crippen LogP contribution in [-0.4, -0.2) is 47.6 Å². The molecule has 0 heterocycles. The zero-order chi connectivity index (χ0) is 23.7. The smallest absolute Gasteiger partial charge is 0.199 e. The predicted molar refractivity (Wildman–Crippen MR) is 58.0 cm³/mol. The maximum absolute atomic E-state index is 13.7. The summed E-state index contributed by atoms with van der Waals surface area (Å²) >= 11 is 0. The van der Waals surface area contributed by atoms with Crippen molar-refractivity contribution in [2.45, 2.75) is 60.5 Å². The third-order valence-electron chi connectivity index (χ3n) is 3.88. The van der Waals surface area contributed by atoms with Gasteiger partial charge in [0.1, 0.15) is 0 Å². The molecule has 1 aliphatic rings. The van der Waals surface area contributed by atoms with E-state index in [1.54, 1.807) is 0 Å². The fourth-order valence-electron chi connectivity index (χ4n) is 2.14. The number of hydrogen-bond acceptors (Lipinski definition) is 0. The first-order valence-corrected chi connectivity index (χ1v) is 6.76. The summed E-state index contributed by atoms with van der Waals surface area (Å²) in [7, 11) is 0. The van der Waals surface area contributed by atoms with Crippen molar-refractivity contribution in [2.24, 2.45) is 0 Å². The van der Waals surface area contributed by atoms with Crippen molar-refractivity contribution >= 4 is 0 Å². The Labute approximate surface area is 148 Å². The lowest BCUT2D eigenvalue weighted by Crippen LogP contribution is -2.71. The molecule has 1 aliphatic carbocycles. The topological polar surface area (TPSA) is 0 Å². The summed E-state index contributed by atoms with van der Waals surface area (Å²) in [4.78, 5) is 0. The molecule has 0 unspecified atom stereocenters. The van der Waals surface area contributed by atoms with Gasteiger partial charge in [-0.2, -0.15) is 74.6 Å². The quantitative estimate of drug-likeness (QED) is 0.308. The summed E-state index contributed by atoms with van der Waals surface area (Å²) in [6.07, 6.45) is -12.1. The Balaban J connectivity index is 3.66. The first-order valence-electron chi connectivity index (χ1n) is 6.76. The van der Waals surface area contributed by atoms with Crippen molar-refractivity contribution < 1.29 is 74.6 Å². The summed E-state index contributed by atoms with van der Waals surface area (Å²) in [5.74, 6) is -52.1. The molecule has 0 spiro atoms. The van der Waals surface area contributed by atoms with Gasteiger partial charge in [-0.05, 0) is 6.42 Å². The molecule has 0 bridgehead atoms. The number of rotatable bonds is 5. The first kappa shape index (κ1) is 25.6. The van der Waals surface area contributed by atoms with Gasteiger partial charge < -0.3 is 0 Å². The number of allylic oxidation sites excluding steroid dienone is 2. The number of hydrogen-bond donors (Lipinski definition) is 0. The van der Waals surface area contributed by atoms with Crippen LogP contribution in [0.3, 0.4) is 0 Å². The van der Waals surface area contributed by atoms with Crippen molar-refractivity contribution in [3.8, 4) is 0 Å². The Morgan fingerprint density at radius 1 is 0.586 bits per heavy atom. The van der Waals surface area contributed by atoms with Gasteiger partial charge in [0, 0.05) is 6.42 Å². The highest BCUT2D eigenvalue weighted by atomic mass is 19.4. The summed E-state index contributed by atoms with van der Waals surface area (Å²) in [6, 6.07) is 0. The minimum Gasteiger partial charge on any atom is -0.199 e. The van der Waals surface area contributed by atoms with Crippen LogP contribution in [0.15, 0.2) is 11.6 Å². The van der Waals surface area contributed by atoms with Crippen LogP contribution in [0.2, 0.25) is 0 Å². The largest absolute Gasteiger partial charge is 0.460 e. The fraction of sp³-hybridized carbons (Fsp3) is 0.833.